The maximum absolute atomic E-state index is 6.81. The molecule has 0 aliphatic heterocycles. The molecule has 0 atom stereocenters. The second-order valence-electron chi connectivity index (χ2n) is 14.4. The Morgan fingerprint density at radius 3 is 1.77 bits per heavy atom. The summed E-state index contributed by atoms with van der Waals surface area (Å²) < 4.78 is 9.28. The molecule has 0 amide bonds. The minimum absolute atomic E-state index is 0.566. The minimum Gasteiger partial charge on any atom is -0.455 e. The van der Waals surface area contributed by atoms with Crippen molar-refractivity contribution in [3.8, 4) is 39.9 Å². The highest BCUT2D eigenvalue weighted by Gasteiger charge is 2.21. The number of rotatable bonds is 4. The van der Waals surface area contributed by atoms with Crippen LogP contribution in [0.2, 0.25) is 0 Å². The van der Waals surface area contributed by atoms with Gasteiger partial charge in [0.1, 0.15) is 11.2 Å². The first-order valence-corrected chi connectivity index (χ1v) is 18.9. The third kappa shape index (κ3) is 4.58. The van der Waals surface area contributed by atoms with Gasteiger partial charge in [0.2, 0.25) is 0 Å². The van der Waals surface area contributed by atoms with Gasteiger partial charge in [-0.3, -0.25) is 0 Å². The summed E-state index contributed by atoms with van der Waals surface area (Å²) >= 11 is 0. The second-order valence-corrected chi connectivity index (χ2v) is 14.4. The summed E-state index contributed by atoms with van der Waals surface area (Å²) in [5, 5.41) is 11.7. The van der Waals surface area contributed by atoms with E-state index in [1.165, 1.54) is 43.4 Å². The average molecular weight is 715 g/mol. The molecule has 0 saturated heterocycles. The maximum Gasteiger partial charge on any atom is 0.167 e. The number of para-hydroxylation sites is 1. The lowest BCUT2D eigenvalue weighted by atomic mass is 10.0. The number of benzene rings is 9. The fourth-order valence-corrected chi connectivity index (χ4v) is 8.65. The van der Waals surface area contributed by atoms with E-state index in [0.717, 1.165) is 55.1 Å². The summed E-state index contributed by atoms with van der Waals surface area (Å²) in [5.41, 5.74) is 7.75. The number of furan rings is 1. The Hall–Kier alpha value is -7.63. The quantitative estimate of drug-likeness (QED) is 0.182. The zero-order valence-electron chi connectivity index (χ0n) is 30.0. The van der Waals surface area contributed by atoms with Crippen LogP contribution in [0.1, 0.15) is 0 Å². The summed E-state index contributed by atoms with van der Waals surface area (Å²) in [6.07, 6.45) is 0. The van der Waals surface area contributed by atoms with E-state index in [4.69, 9.17) is 19.4 Å². The van der Waals surface area contributed by atoms with Crippen molar-refractivity contribution in [3.63, 3.8) is 0 Å². The van der Waals surface area contributed by atoms with Gasteiger partial charge in [-0.15, -0.1) is 0 Å². The van der Waals surface area contributed by atoms with Crippen LogP contribution < -0.4 is 0 Å². The molecule has 0 unspecified atom stereocenters. The minimum atomic E-state index is 0.566. The molecule has 56 heavy (non-hydrogen) atoms. The van der Waals surface area contributed by atoms with Crippen LogP contribution in [0.5, 0.6) is 0 Å². The summed E-state index contributed by atoms with van der Waals surface area (Å²) in [7, 11) is 0. The lowest BCUT2D eigenvalue weighted by Gasteiger charge is -2.13. The Balaban J connectivity index is 1.13. The maximum atomic E-state index is 6.81. The molecule has 0 bridgehead atoms. The van der Waals surface area contributed by atoms with E-state index in [1.807, 2.05) is 66.7 Å². The molecular weight excluding hydrogens is 685 g/mol. The van der Waals surface area contributed by atoms with Crippen molar-refractivity contribution in [2.45, 2.75) is 0 Å². The number of nitrogens with zero attached hydrogens (tertiary/aromatic N) is 4. The van der Waals surface area contributed by atoms with Crippen LogP contribution in [0.25, 0.3) is 116 Å². The summed E-state index contributed by atoms with van der Waals surface area (Å²) in [6.45, 7) is 0. The highest BCUT2D eigenvalue weighted by Crippen LogP contribution is 2.43. The van der Waals surface area contributed by atoms with E-state index in [-0.39, 0.29) is 0 Å². The van der Waals surface area contributed by atoms with Gasteiger partial charge in [-0.05, 0) is 57.9 Å². The predicted molar refractivity (Wildman–Crippen MR) is 230 cm³/mol. The van der Waals surface area contributed by atoms with E-state index in [0.29, 0.717) is 17.5 Å². The van der Waals surface area contributed by atoms with Gasteiger partial charge >= 0.3 is 0 Å². The fourth-order valence-electron chi connectivity index (χ4n) is 8.65. The molecule has 5 nitrogen and oxygen atoms in total. The van der Waals surface area contributed by atoms with Gasteiger partial charge in [0.05, 0.1) is 22.3 Å². The Labute approximate surface area is 320 Å². The molecule has 3 aromatic heterocycles. The molecule has 12 rings (SSSR count). The van der Waals surface area contributed by atoms with Gasteiger partial charge in [-0.2, -0.15) is 0 Å². The first-order chi connectivity index (χ1) is 27.8. The molecule has 260 valence electrons. The van der Waals surface area contributed by atoms with Crippen LogP contribution in [0.4, 0.5) is 0 Å². The fraction of sp³-hybridized carbons (Fsp3) is 0. The number of aromatic nitrogens is 4. The van der Waals surface area contributed by atoms with E-state index >= 15 is 0 Å². The molecule has 12 aromatic rings. The van der Waals surface area contributed by atoms with Crippen LogP contribution in [-0.2, 0) is 0 Å². The van der Waals surface area contributed by atoms with Crippen molar-refractivity contribution in [2.24, 2.45) is 0 Å². The first kappa shape index (κ1) is 30.8. The summed E-state index contributed by atoms with van der Waals surface area (Å²) in [4.78, 5) is 15.0. The number of fused-ring (bicyclic) bond motifs is 11. The van der Waals surface area contributed by atoms with E-state index in [9.17, 15) is 0 Å². The van der Waals surface area contributed by atoms with Gasteiger partial charge in [0, 0.05) is 43.4 Å². The van der Waals surface area contributed by atoms with Gasteiger partial charge in [0.25, 0.3) is 0 Å². The van der Waals surface area contributed by atoms with Crippen LogP contribution >= 0.6 is 0 Å². The van der Waals surface area contributed by atoms with Gasteiger partial charge < -0.3 is 8.98 Å². The first-order valence-electron chi connectivity index (χ1n) is 18.9. The normalized spacial score (nSPS) is 11.9. The average Bonchev–Trinajstić information content (AvgIpc) is 3.82. The molecule has 0 radical (unpaired) electrons. The zero-order valence-corrected chi connectivity index (χ0v) is 30.0. The Morgan fingerprint density at radius 1 is 0.393 bits per heavy atom. The Kier molecular flexibility index (Phi) is 6.56. The topological polar surface area (TPSA) is 56.7 Å². The van der Waals surface area contributed by atoms with Gasteiger partial charge in [-0.1, -0.05) is 146 Å². The Bertz CT molecular complexity index is 3470. The largest absolute Gasteiger partial charge is 0.455 e. The highest BCUT2D eigenvalue weighted by molar-refractivity contribution is 6.24. The predicted octanol–water partition coefficient (Wildman–Crippen LogP) is 13.3. The van der Waals surface area contributed by atoms with Gasteiger partial charge in [-0.25, -0.2) is 15.0 Å². The molecule has 0 spiro atoms. The zero-order chi connectivity index (χ0) is 36.7. The molecule has 0 fully saturated rings. The molecule has 0 aliphatic rings. The molecule has 3 heterocycles. The molecule has 0 N–H and O–H groups in total. The third-order valence-electron chi connectivity index (χ3n) is 11.2. The van der Waals surface area contributed by atoms with E-state index in [1.54, 1.807) is 0 Å². The Morgan fingerprint density at radius 2 is 1.00 bits per heavy atom. The molecule has 0 aliphatic carbocycles. The summed E-state index contributed by atoms with van der Waals surface area (Å²) in [6, 6.07) is 63.9. The van der Waals surface area contributed by atoms with Crippen molar-refractivity contribution in [2.75, 3.05) is 0 Å². The molecule has 0 saturated carbocycles. The van der Waals surface area contributed by atoms with Crippen LogP contribution in [-0.4, -0.2) is 19.5 Å². The molecular formula is C51H30N4O. The van der Waals surface area contributed by atoms with E-state index < -0.39 is 0 Å². The van der Waals surface area contributed by atoms with Crippen molar-refractivity contribution in [1.82, 2.24) is 19.5 Å². The monoisotopic (exact) mass is 714 g/mol. The number of hydrogen-bond donors (Lipinski definition) is 0. The SMILES string of the molecule is c1ccc(-c2nc(-c3ccccc3)nc(-c3cccc4c3oc3ccc5c(-n6c7cc8ccccc8cc7c7ccc8ccccc8c76)cccc5c34)n2)cc1. The van der Waals surface area contributed by atoms with Crippen molar-refractivity contribution in [3.05, 3.63) is 182 Å². The second kappa shape index (κ2) is 11.9. The van der Waals surface area contributed by atoms with Crippen molar-refractivity contribution < 1.29 is 4.42 Å². The van der Waals surface area contributed by atoms with Crippen LogP contribution in [0.3, 0.4) is 0 Å². The lowest BCUT2D eigenvalue weighted by molar-refractivity contribution is 0.670. The molecule has 5 heteroatoms. The van der Waals surface area contributed by atoms with Crippen LogP contribution in [0.15, 0.2) is 186 Å². The van der Waals surface area contributed by atoms with Gasteiger partial charge in [0.15, 0.2) is 17.5 Å². The highest BCUT2D eigenvalue weighted by atomic mass is 16.3. The standard InChI is InChI=1S/C51H30N4O/c1-3-14-32(15-4-1)49-52-50(33-16-5-2-6-17-33)54-51(53-49)41-23-11-22-40-46-38-21-12-24-43(37(38)27-28-45(46)56-48(40)41)55-44-30-35-19-8-7-18-34(35)29-42(44)39-26-25-31-13-9-10-20-36(31)47(39)55/h1-30H. The van der Waals surface area contributed by atoms with Crippen LogP contribution in [0, 0.1) is 0 Å². The smallest absolute Gasteiger partial charge is 0.167 e. The number of hydrogen-bond acceptors (Lipinski definition) is 4. The van der Waals surface area contributed by atoms with E-state index in [2.05, 4.69) is 120 Å². The third-order valence-corrected chi connectivity index (χ3v) is 11.2. The summed E-state index contributed by atoms with van der Waals surface area (Å²) in [5.74, 6) is 1.80. The van der Waals surface area contributed by atoms with Crippen molar-refractivity contribution >= 4 is 76.1 Å². The molecule has 9 aromatic carbocycles. The van der Waals surface area contributed by atoms with Crippen molar-refractivity contribution in [1.29, 1.82) is 0 Å². The lowest BCUT2D eigenvalue weighted by Crippen LogP contribution is -2.00.